The van der Waals surface area contributed by atoms with E-state index in [9.17, 15) is 4.39 Å². The highest BCUT2D eigenvalue weighted by Gasteiger charge is 2.36. The molecule has 5 heteroatoms. The third kappa shape index (κ3) is 3.29. The first-order chi connectivity index (χ1) is 8.65. The first-order valence-corrected chi connectivity index (χ1v) is 6.88. The zero-order valence-electron chi connectivity index (χ0n) is 10.3. The quantitative estimate of drug-likeness (QED) is 0.626. The van der Waals surface area contributed by atoms with Gasteiger partial charge in [-0.05, 0) is 42.9 Å². The summed E-state index contributed by atoms with van der Waals surface area (Å²) in [5, 5.41) is 0. The Balaban J connectivity index is 2.09. The van der Waals surface area contributed by atoms with E-state index in [1.54, 1.807) is 13.2 Å². The highest BCUT2D eigenvalue weighted by atomic mass is 79.9. The molecule has 1 aliphatic carbocycles. The molecule has 0 bridgehead atoms. The largest absolute Gasteiger partial charge is 0.379 e. The van der Waals surface area contributed by atoms with Gasteiger partial charge in [0.2, 0.25) is 0 Å². The Kier molecular flexibility index (Phi) is 4.72. The normalized spacial score (nSPS) is 18.7. The molecule has 1 saturated carbocycles. The SMILES string of the molecule is COC(C1CC1)C(Cc1ccc(Br)cc1F)NN. The monoisotopic (exact) mass is 316 g/mol. The summed E-state index contributed by atoms with van der Waals surface area (Å²) in [5.41, 5.74) is 3.42. The maximum atomic E-state index is 13.8. The molecule has 2 atom stereocenters. The van der Waals surface area contributed by atoms with Crippen molar-refractivity contribution in [1.29, 1.82) is 0 Å². The van der Waals surface area contributed by atoms with Crippen LogP contribution in [0.25, 0.3) is 0 Å². The van der Waals surface area contributed by atoms with E-state index in [1.807, 2.05) is 6.07 Å². The average Bonchev–Trinajstić information content (AvgIpc) is 3.16. The first-order valence-electron chi connectivity index (χ1n) is 6.08. The molecule has 0 spiro atoms. The van der Waals surface area contributed by atoms with E-state index in [0.29, 0.717) is 17.9 Å². The Hall–Kier alpha value is -0.490. The summed E-state index contributed by atoms with van der Waals surface area (Å²) in [7, 11) is 1.69. The second kappa shape index (κ2) is 6.10. The van der Waals surface area contributed by atoms with Gasteiger partial charge in [-0.25, -0.2) is 4.39 Å². The van der Waals surface area contributed by atoms with Crippen LogP contribution in [0.1, 0.15) is 18.4 Å². The van der Waals surface area contributed by atoms with Crippen molar-refractivity contribution in [3.05, 3.63) is 34.1 Å². The topological polar surface area (TPSA) is 47.3 Å². The highest BCUT2D eigenvalue weighted by molar-refractivity contribution is 9.10. The molecule has 3 N–H and O–H groups in total. The number of hydrazine groups is 1. The summed E-state index contributed by atoms with van der Waals surface area (Å²) < 4.78 is 20.0. The summed E-state index contributed by atoms with van der Waals surface area (Å²) in [4.78, 5) is 0. The second-order valence-electron chi connectivity index (χ2n) is 4.75. The van der Waals surface area contributed by atoms with Crippen LogP contribution in [0.5, 0.6) is 0 Å². The first kappa shape index (κ1) is 13.9. The van der Waals surface area contributed by atoms with E-state index in [0.717, 1.165) is 4.47 Å². The second-order valence-corrected chi connectivity index (χ2v) is 5.67. The molecule has 0 aliphatic heterocycles. The van der Waals surface area contributed by atoms with Gasteiger partial charge < -0.3 is 4.74 Å². The van der Waals surface area contributed by atoms with Gasteiger partial charge in [0.05, 0.1) is 12.1 Å². The minimum Gasteiger partial charge on any atom is -0.379 e. The molecule has 0 aromatic heterocycles. The predicted octanol–water partition coefficient (Wildman–Crippen LogP) is 2.39. The molecular formula is C13H18BrFN2O. The van der Waals surface area contributed by atoms with Gasteiger partial charge in [0, 0.05) is 11.6 Å². The van der Waals surface area contributed by atoms with Gasteiger partial charge in [0.25, 0.3) is 0 Å². The Morgan fingerprint density at radius 2 is 2.28 bits per heavy atom. The van der Waals surface area contributed by atoms with Crippen molar-refractivity contribution in [1.82, 2.24) is 5.43 Å². The van der Waals surface area contributed by atoms with Crippen LogP contribution in [0.4, 0.5) is 4.39 Å². The molecule has 1 fully saturated rings. The number of rotatable bonds is 6. The van der Waals surface area contributed by atoms with E-state index in [2.05, 4.69) is 21.4 Å². The maximum absolute atomic E-state index is 13.8. The minimum atomic E-state index is -0.213. The van der Waals surface area contributed by atoms with Crippen molar-refractivity contribution < 1.29 is 9.13 Å². The fourth-order valence-electron chi connectivity index (χ4n) is 2.30. The van der Waals surface area contributed by atoms with Gasteiger partial charge in [-0.15, -0.1) is 0 Å². The van der Waals surface area contributed by atoms with Crippen LogP contribution in [0.15, 0.2) is 22.7 Å². The molecule has 2 unspecified atom stereocenters. The molecule has 18 heavy (non-hydrogen) atoms. The standard InChI is InChI=1S/C13H18BrFN2O/c1-18-13(8-2-3-8)12(17-16)6-9-4-5-10(14)7-11(9)15/h4-5,7-8,12-13,17H,2-3,6,16H2,1H3. The van der Waals surface area contributed by atoms with Crippen molar-refractivity contribution in [3.63, 3.8) is 0 Å². The van der Waals surface area contributed by atoms with Crippen LogP contribution in [-0.4, -0.2) is 19.3 Å². The summed E-state index contributed by atoms with van der Waals surface area (Å²) in [6.07, 6.45) is 2.92. The summed E-state index contributed by atoms with van der Waals surface area (Å²) in [6, 6.07) is 5.04. The van der Waals surface area contributed by atoms with Gasteiger partial charge in [0.1, 0.15) is 5.82 Å². The lowest BCUT2D eigenvalue weighted by molar-refractivity contribution is 0.0508. The fraction of sp³-hybridized carbons (Fsp3) is 0.538. The summed E-state index contributed by atoms with van der Waals surface area (Å²) in [6.45, 7) is 0. The van der Waals surface area contributed by atoms with Crippen molar-refractivity contribution in [2.45, 2.75) is 31.4 Å². The average molecular weight is 317 g/mol. The zero-order valence-corrected chi connectivity index (χ0v) is 11.9. The molecule has 2 rings (SSSR count). The van der Waals surface area contributed by atoms with Crippen LogP contribution in [0, 0.1) is 11.7 Å². The van der Waals surface area contributed by atoms with Gasteiger partial charge in [-0.2, -0.15) is 0 Å². The van der Waals surface area contributed by atoms with E-state index < -0.39 is 0 Å². The molecular weight excluding hydrogens is 299 g/mol. The molecule has 100 valence electrons. The van der Waals surface area contributed by atoms with Gasteiger partial charge in [0.15, 0.2) is 0 Å². The molecule has 0 saturated heterocycles. The minimum absolute atomic E-state index is 0.0537. The van der Waals surface area contributed by atoms with Crippen molar-refractivity contribution in [2.24, 2.45) is 11.8 Å². The fourth-order valence-corrected chi connectivity index (χ4v) is 2.64. The van der Waals surface area contributed by atoms with Crippen LogP contribution in [0.2, 0.25) is 0 Å². The molecule has 1 aromatic carbocycles. The summed E-state index contributed by atoms with van der Waals surface area (Å²) >= 11 is 3.25. The van der Waals surface area contributed by atoms with Crippen LogP contribution in [0.3, 0.4) is 0 Å². The lowest BCUT2D eigenvalue weighted by atomic mass is 9.98. The third-order valence-electron chi connectivity index (χ3n) is 3.42. The predicted molar refractivity (Wildman–Crippen MR) is 72.4 cm³/mol. The molecule has 0 heterocycles. The number of ether oxygens (including phenoxy) is 1. The number of hydrogen-bond donors (Lipinski definition) is 2. The molecule has 0 radical (unpaired) electrons. The number of nitrogens with one attached hydrogen (secondary N) is 1. The van der Waals surface area contributed by atoms with Crippen LogP contribution < -0.4 is 11.3 Å². The molecule has 1 aromatic rings. The lowest BCUT2D eigenvalue weighted by Gasteiger charge is -2.25. The molecule has 0 amide bonds. The Labute approximate surface area is 115 Å². The van der Waals surface area contributed by atoms with E-state index in [-0.39, 0.29) is 18.0 Å². The van der Waals surface area contributed by atoms with Crippen LogP contribution >= 0.6 is 15.9 Å². The van der Waals surface area contributed by atoms with E-state index >= 15 is 0 Å². The summed E-state index contributed by atoms with van der Waals surface area (Å²) in [5.74, 6) is 5.92. The smallest absolute Gasteiger partial charge is 0.127 e. The number of benzene rings is 1. The number of hydrogen-bond acceptors (Lipinski definition) is 3. The van der Waals surface area contributed by atoms with Crippen LogP contribution in [-0.2, 0) is 11.2 Å². The maximum Gasteiger partial charge on any atom is 0.127 e. The highest BCUT2D eigenvalue weighted by Crippen LogP contribution is 2.36. The number of methoxy groups -OCH3 is 1. The van der Waals surface area contributed by atoms with Gasteiger partial charge in [-0.1, -0.05) is 22.0 Å². The molecule has 1 aliphatic rings. The zero-order chi connectivity index (χ0) is 13.1. The van der Waals surface area contributed by atoms with Gasteiger partial charge in [-0.3, -0.25) is 11.3 Å². The number of nitrogens with two attached hydrogens (primary N) is 1. The third-order valence-corrected chi connectivity index (χ3v) is 3.92. The Morgan fingerprint density at radius 3 is 2.78 bits per heavy atom. The Morgan fingerprint density at radius 1 is 1.56 bits per heavy atom. The van der Waals surface area contributed by atoms with Crippen molar-refractivity contribution >= 4 is 15.9 Å². The van der Waals surface area contributed by atoms with E-state index in [1.165, 1.54) is 18.9 Å². The van der Waals surface area contributed by atoms with Gasteiger partial charge >= 0.3 is 0 Å². The van der Waals surface area contributed by atoms with Crippen molar-refractivity contribution in [3.8, 4) is 0 Å². The number of halogens is 2. The van der Waals surface area contributed by atoms with Crippen molar-refractivity contribution in [2.75, 3.05) is 7.11 Å². The van der Waals surface area contributed by atoms with E-state index in [4.69, 9.17) is 10.6 Å². The molecule has 3 nitrogen and oxygen atoms in total. The Bertz CT molecular complexity index is 412. The lowest BCUT2D eigenvalue weighted by Crippen LogP contribution is -2.47.